The number of thiocarbonyl (C=S) groups is 2. The molecule has 0 fully saturated rings. The molecule has 0 radical (unpaired) electrons. The van der Waals surface area contributed by atoms with E-state index < -0.39 is 0 Å². The van der Waals surface area contributed by atoms with Gasteiger partial charge in [-0.3, -0.25) is 0 Å². The molecule has 5 nitrogen and oxygen atoms in total. The van der Waals surface area contributed by atoms with Crippen LogP contribution in [0.5, 0.6) is 0 Å². The fraction of sp³-hybridized carbons (Fsp3) is 0.857. The molecule has 0 aromatic heterocycles. The molecule has 140 valence electrons. The largest absolute Gasteiger partial charge is 0.385 e. The quantitative estimate of drug-likeness (QED) is 0.294. The Bertz CT molecular complexity index is 269. The molecule has 0 aromatic carbocycles. The van der Waals surface area contributed by atoms with Gasteiger partial charge in [-0.25, -0.2) is 0 Å². The van der Waals surface area contributed by atoms with Crippen LogP contribution in [0.15, 0.2) is 0 Å². The van der Waals surface area contributed by atoms with E-state index in [1.807, 2.05) is 9.80 Å². The van der Waals surface area contributed by atoms with E-state index >= 15 is 0 Å². The van der Waals surface area contributed by atoms with Crippen molar-refractivity contribution in [2.45, 2.75) is 26.7 Å². The molecule has 0 saturated heterocycles. The van der Waals surface area contributed by atoms with Crippen LogP contribution in [-0.2, 0) is 9.47 Å². The molecule has 0 spiro atoms. The van der Waals surface area contributed by atoms with Crippen molar-refractivity contribution in [1.29, 1.82) is 0 Å². The lowest BCUT2D eigenvalue weighted by Gasteiger charge is -2.19. The molecule has 0 atom stereocenters. The Kier molecular flexibility index (Phi) is 25.0. The number of rotatable bonds is 10. The fourth-order valence-corrected chi connectivity index (χ4v) is 2.50. The van der Waals surface area contributed by atoms with Crippen molar-refractivity contribution in [3.05, 3.63) is 0 Å². The SMILES string of the molecule is CCN(CCCOC)C(=S)S.CCN(CCCOC)C(=S)S.N. The van der Waals surface area contributed by atoms with Gasteiger partial charge in [-0.1, -0.05) is 24.4 Å². The van der Waals surface area contributed by atoms with Crippen molar-refractivity contribution in [2.75, 3.05) is 53.6 Å². The minimum absolute atomic E-state index is 0. The molecule has 9 heteroatoms. The second-order valence-corrected chi connectivity index (χ2v) is 6.64. The maximum Gasteiger partial charge on any atom is 0.133 e. The van der Waals surface area contributed by atoms with Crippen molar-refractivity contribution in [3.8, 4) is 0 Å². The zero-order valence-electron chi connectivity index (χ0n) is 14.8. The van der Waals surface area contributed by atoms with Crippen LogP contribution in [0.25, 0.3) is 0 Å². The summed E-state index contributed by atoms with van der Waals surface area (Å²) < 4.78 is 11.2. The molecular formula is C14H33N3O2S4. The molecule has 0 unspecified atom stereocenters. The van der Waals surface area contributed by atoms with E-state index in [-0.39, 0.29) is 6.15 Å². The monoisotopic (exact) mass is 403 g/mol. The van der Waals surface area contributed by atoms with Crippen LogP contribution in [0.3, 0.4) is 0 Å². The fourth-order valence-electron chi connectivity index (χ4n) is 1.58. The topological polar surface area (TPSA) is 59.9 Å². The second-order valence-electron chi connectivity index (χ2n) is 4.42. The van der Waals surface area contributed by atoms with Gasteiger partial charge in [-0.15, -0.1) is 25.3 Å². The molecule has 0 saturated carbocycles. The van der Waals surface area contributed by atoms with E-state index in [9.17, 15) is 0 Å². The Morgan fingerprint density at radius 2 is 1.13 bits per heavy atom. The highest BCUT2D eigenvalue weighted by molar-refractivity contribution is 8.11. The van der Waals surface area contributed by atoms with Gasteiger partial charge in [0.2, 0.25) is 0 Å². The number of hydrogen-bond donors (Lipinski definition) is 3. The van der Waals surface area contributed by atoms with Gasteiger partial charge < -0.3 is 25.4 Å². The van der Waals surface area contributed by atoms with Gasteiger partial charge in [-0.2, -0.15) is 0 Å². The number of ether oxygens (including phenoxy) is 2. The Balaban J connectivity index is -0.000000333. The van der Waals surface area contributed by atoms with Crippen LogP contribution < -0.4 is 6.15 Å². The van der Waals surface area contributed by atoms with Crippen LogP contribution >= 0.6 is 49.7 Å². The molecule has 0 aliphatic carbocycles. The van der Waals surface area contributed by atoms with E-state index in [1.54, 1.807) is 14.2 Å². The van der Waals surface area contributed by atoms with Gasteiger partial charge in [0.05, 0.1) is 0 Å². The molecular weight excluding hydrogens is 370 g/mol. The minimum atomic E-state index is 0. The Hall–Kier alpha value is 0.360. The number of methoxy groups -OCH3 is 2. The Morgan fingerprint density at radius 1 is 0.826 bits per heavy atom. The average Bonchev–Trinajstić information content (AvgIpc) is 2.48. The number of thiol groups is 2. The number of hydrogen-bond acceptors (Lipinski definition) is 5. The standard InChI is InChI=1S/2C7H15NOS2.H3N/c2*1-3-8(7(10)11)5-4-6-9-2;/h2*3-6H2,1-2H3,(H,10,11);1H3. The third kappa shape index (κ3) is 18.5. The van der Waals surface area contributed by atoms with Gasteiger partial charge >= 0.3 is 0 Å². The molecule has 3 N–H and O–H groups in total. The molecule has 0 aliphatic heterocycles. The first-order valence-corrected chi connectivity index (χ1v) is 9.09. The predicted molar refractivity (Wildman–Crippen MR) is 116 cm³/mol. The first kappa shape index (κ1) is 28.2. The van der Waals surface area contributed by atoms with E-state index in [0.717, 1.165) is 52.2 Å². The van der Waals surface area contributed by atoms with E-state index in [2.05, 4.69) is 39.1 Å². The summed E-state index contributed by atoms with van der Waals surface area (Å²) in [6, 6.07) is 0. The Labute approximate surface area is 163 Å². The summed E-state index contributed by atoms with van der Waals surface area (Å²) >= 11 is 18.0. The second kappa shape index (κ2) is 20.4. The zero-order chi connectivity index (χ0) is 17.4. The summed E-state index contributed by atoms with van der Waals surface area (Å²) in [5, 5.41) is 0. The summed E-state index contributed by atoms with van der Waals surface area (Å²) in [5.41, 5.74) is 0. The van der Waals surface area contributed by atoms with E-state index in [0.29, 0.717) is 8.64 Å². The lowest BCUT2D eigenvalue weighted by molar-refractivity contribution is 0.187. The predicted octanol–water partition coefficient (Wildman–Crippen LogP) is 3.28. The van der Waals surface area contributed by atoms with Gasteiger partial charge in [0.1, 0.15) is 8.64 Å². The minimum Gasteiger partial charge on any atom is -0.385 e. The van der Waals surface area contributed by atoms with Crippen molar-refractivity contribution >= 4 is 58.3 Å². The van der Waals surface area contributed by atoms with Crippen molar-refractivity contribution < 1.29 is 9.47 Å². The molecule has 0 aliphatic rings. The average molecular weight is 404 g/mol. The molecule has 0 rings (SSSR count). The maximum absolute atomic E-state index is 4.92. The summed E-state index contributed by atoms with van der Waals surface area (Å²) in [4.78, 5) is 4.08. The molecule has 23 heavy (non-hydrogen) atoms. The summed E-state index contributed by atoms with van der Waals surface area (Å²) in [7, 11) is 3.41. The van der Waals surface area contributed by atoms with Crippen LogP contribution in [-0.4, -0.2) is 72.1 Å². The van der Waals surface area contributed by atoms with Crippen molar-refractivity contribution in [3.63, 3.8) is 0 Å². The third-order valence-electron chi connectivity index (χ3n) is 2.86. The van der Waals surface area contributed by atoms with Gasteiger partial charge in [0, 0.05) is 53.6 Å². The van der Waals surface area contributed by atoms with Crippen molar-refractivity contribution in [2.24, 2.45) is 0 Å². The molecule has 0 bridgehead atoms. The van der Waals surface area contributed by atoms with Crippen LogP contribution in [0.4, 0.5) is 0 Å². The first-order chi connectivity index (χ1) is 10.4. The van der Waals surface area contributed by atoms with Gasteiger partial charge in [0.25, 0.3) is 0 Å². The highest BCUT2D eigenvalue weighted by atomic mass is 32.1. The highest BCUT2D eigenvalue weighted by Crippen LogP contribution is 1.98. The van der Waals surface area contributed by atoms with Crippen LogP contribution in [0.1, 0.15) is 26.7 Å². The summed E-state index contributed by atoms with van der Waals surface area (Å²) in [6.45, 7) is 9.42. The smallest absolute Gasteiger partial charge is 0.133 e. The zero-order valence-corrected chi connectivity index (χ0v) is 18.2. The first-order valence-electron chi connectivity index (χ1n) is 7.38. The van der Waals surface area contributed by atoms with E-state index in [1.165, 1.54) is 0 Å². The maximum atomic E-state index is 4.92. The highest BCUT2D eigenvalue weighted by Gasteiger charge is 2.02. The Morgan fingerprint density at radius 3 is 1.30 bits per heavy atom. The number of nitrogens with zero attached hydrogens (tertiary/aromatic N) is 2. The molecule has 0 heterocycles. The molecule has 0 amide bonds. The molecule has 0 aromatic rings. The lowest BCUT2D eigenvalue weighted by Crippen LogP contribution is -2.27. The van der Waals surface area contributed by atoms with E-state index in [4.69, 9.17) is 33.9 Å². The van der Waals surface area contributed by atoms with Crippen molar-refractivity contribution in [1.82, 2.24) is 16.0 Å². The normalized spacial score (nSPS) is 9.30. The van der Waals surface area contributed by atoms with Gasteiger partial charge in [0.15, 0.2) is 0 Å². The van der Waals surface area contributed by atoms with Gasteiger partial charge in [-0.05, 0) is 26.7 Å². The van der Waals surface area contributed by atoms with Crippen LogP contribution in [0.2, 0.25) is 0 Å². The lowest BCUT2D eigenvalue weighted by atomic mass is 10.4. The summed E-state index contributed by atoms with van der Waals surface area (Å²) in [5.74, 6) is 0. The summed E-state index contributed by atoms with van der Waals surface area (Å²) in [6.07, 6.45) is 2.01. The van der Waals surface area contributed by atoms with Crippen LogP contribution in [0, 0.1) is 0 Å². The third-order valence-corrected chi connectivity index (χ3v) is 3.94.